The monoisotopic (exact) mass is 324 g/mol. The van der Waals surface area contributed by atoms with E-state index in [1.54, 1.807) is 0 Å². The lowest BCUT2D eigenvalue weighted by molar-refractivity contribution is 0.401. The number of anilines is 1. The highest BCUT2D eigenvalue weighted by Gasteiger charge is 2.22. The second-order valence-corrected chi connectivity index (χ2v) is 7.43. The van der Waals surface area contributed by atoms with E-state index in [1.165, 1.54) is 35.0 Å². The van der Waals surface area contributed by atoms with Crippen LogP contribution in [0.4, 0.5) is 5.69 Å². The molecule has 1 aliphatic carbocycles. The molecule has 3 heteroatoms. The van der Waals surface area contributed by atoms with Crippen LogP contribution in [0, 0.1) is 0 Å². The molecule has 0 aliphatic heterocycles. The van der Waals surface area contributed by atoms with Crippen LogP contribution in [0.5, 0.6) is 0 Å². The topological polar surface area (TPSA) is 15.3 Å². The van der Waals surface area contributed by atoms with Gasteiger partial charge < -0.3 is 10.2 Å². The van der Waals surface area contributed by atoms with E-state index >= 15 is 0 Å². The van der Waals surface area contributed by atoms with Crippen molar-refractivity contribution in [2.24, 2.45) is 0 Å². The summed E-state index contributed by atoms with van der Waals surface area (Å²) in [6.45, 7) is 7.48. The highest BCUT2D eigenvalue weighted by Crippen LogP contribution is 2.30. The van der Waals surface area contributed by atoms with E-state index in [4.69, 9.17) is 0 Å². The van der Waals surface area contributed by atoms with Gasteiger partial charge in [-0.25, -0.2) is 0 Å². The fraction of sp³-hybridized carbons (Fsp3) is 0.625. The molecule has 0 saturated heterocycles. The zero-order valence-corrected chi connectivity index (χ0v) is 14.0. The summed E-state index contributed by atoms with van der Waals surface area (Å²) < 4.78 is 1.20. The van der Waals surface area contributed by atoms with Crippen LogP contribution in [0.15, 0.2) is 22.7 Å². The lowest BCUT2D eigenvalue weighted by Crippen LogP contribution is -2.37. The summed E-state index contributed by atoms with van der Waals surface area (Å²) in [5, 5.41) is 3.53. The zero-order chi connectivity index (χ0) is 14.0. The van der Waals surface area contributed by atoms with Crippen LogP contribution >= 0.6 is 15.9 Å². The van der Waals surface area contributed by atoms with Gasteiger partial charge in [-0.1, -0.05) is 22.0 Å². The van der Waals surface area contributed by atoms with Gasteiger partial charge in [0.2, 0.25) is 0 Å². The Morgan fingerprint density at radius 1 is 1.32 bits per heavy atom. The van der Waals surface area contributed by atoms with Crippen LogP contribution in [-0.2, 0) is 6.54 Å². The third-order valence-electron chi connectivity index (χ3n) is 3.88. The minimum atomic E-state index is 0.154. The highest BCUT2D eigenvalue weighted by molar-refractivity contribution is 9.10. The summed E-state index contributed by atoms with van der Waals surface area (Å²) in [6.07, 6.45) is 4.05. The quantitative estimate of drug-likeness (QED) is 0.886. The van der Waals surface area contributed by atoms with Crippen LogP contribution in [-0.4, -0.2) is 18.6 Å². The summed E-state index contributed by atoms with van der Waals surface area (Å²) in [5.41, 5.74) is 2.79. The lowest BCUT2D eigenvalue weighted by atomic mass is 9.91. The predicted octanol–water partition coefficient (Wildman–Crippen LogP) is 4.33. The lowest BCUT2D eigenvalue weighted by Gasteiger charge is -2.36. The van der Waals surface area contributed by atoms with Gasteiger partial charge in [0.15, 0.2) is 0 Å². The second-order valence-electron chi connectivity index (χ2n) is 6.57. The molecule has 19 heavy (non-hydrogen) atoms. The summed E-state index contributed by atoms with van der Waals surface area (Å²) >= 11 is 3.71. The molecule has 0 bridgehead atoms. The molecule has 0 aromatic heterocycles. The number of halogens is 1. The minimum Gasteiger partial charge on any atom is -0.372 e. The third kappa shape index (κ3) is 3.96. The van der Waals surface area contributed by atoms with Gasteiger partial charge in [-0.2, -0.15) is 0 Å². The van der Waals surface area contributed by atoms with Crippen molar-refractivity contribution in [3.8, 4) is 0 Å². The van der Waals surface area contributed by atoms with Crippen LogP contribution in [0.25, 0.3) is 0 Å². The van der Waals surface area contributed by atoms with Crippen molar-refractivity contribution in [1.82, 2.24) is 5.32 Å². The van der Waals surface area contributed by atoms with E-state index in [0.29, 0.717) is 0 Å². The maximum atomic E-state index is 3.71. The normalized spacial score (nSPS) is 16.3. The van der Waals surface area contributed by atoms with Crippen molar-refractivity contribution in [3.05, 3.63) is 28.2 Å². The Bertz CT molecular complexity index is 433. The fourth-order valence-electron chi connectivity index (χ4n) is 2.24. The summed E-state index contributed by atoms with van der Waals surface area (Å²) in [7, 11) is 2.21. The van der Waals surface area contributed by atoms with Crippen molar-refractivity contribution in [2.45, 2.75) is 58.2 Å². The summed E-state index contributed by atoms with van der Waals surface area (Å²) in [4.78, 5) is 2.41. The molecule has 0 atom stereocenters. The minimum absolute atomic E-state index is 0.154. The van der Waals surface area contributed by atoms with Gasteiger partial charge in [-0.15, -0.1) is 0 Å². The van der Waals surface area contributed by atoms with E-state index < -0.39 is 0 Å². The Morgan fingerprint density at radius 3 is 2.47 bits per heavy atom. The van der Waals surface area contributed by atoms with Gasteiger partial charge in [-0.3, -0.25) is 0 Å². The standard InChI is InChI=1S/C16H25BrN2/c1-16(2,3)18-11-12-8-9-14(10-15(12)17)19(4)13-6-5-7-13/h8-10,13,18H,5-7,11H2,1-4H3. The molecule has 1 saturated carbocycles. The largest absolute Gasteiger partial charge is 0.372 e. The van der Waals surface area contributed by atoms with Crippen LogP contribution in [0.2, 0.25) is 0 Å². The van der Waals surface area contributed by atoms with Gasteiger partial charge in [0, 0.05) is 35.3 Å². The molecule has 106 valence electrons. The van der Waals surface area contributed by atoms with Crippen molar-refractivity contribution in [2.75, 3.05) is 11.9 Å². The molecule has 0 heterocycles. The van der Waals surface area contributed by atoms with Crippen molar-refractivity contribution in [3.63, 3.8) is 0 Å². The average Bonchev–Trinajstić information content (AvgIpc) is 2.23. The Balaban J connectivity index is 2.04. The van der Waals surface area contributed by atoms with Gasteiger partial charge in [0.1, 0.15) is 0 Å². The molecule has 1 aromatic carbocycles. The molecule has 0 unspecified atom stereocenters. The molecule has 1 aliphatic rings. The molecular formula is C16H25BrN2. The van der Waals surface area contributed by atoms with Crippen molar-refractivity contribution < 1.29 is 0 Å². The molecule has 0 amide bonds. The molecule has 1 fully saturated rings. The number of rotatable bonds is 4. The van der Waals surface area contributed by atoms with E-state index in [2.05, 4.69) is 72.2 Å². The molecule has 1 aromatic rings. The van der Waals surface area contributed by atoms with E-state index in [9.17, 15) is 0 Å². The van der Waals surface area contributed by atoms with Gasteiger partial charge >= 0.3 is 0 Å². The van der Waals surface area contributed by atoms with Crippen molar-refractivity contribution in [1.29, 1.82) is 0 Å². The van der Waals surface area contributed by atoms with Gasteiger partial charge in [0.25, 0.3) is 0 Å². The first-order valence-electron chi connectivity index (χ1n) is 7.13. The van der Waals surface area contributed by atoms with E-state index in [-0.39, 0.29) is 5.54 Å². The maximum absolute atomic E-state index is 3.71. The molecule has 2 rings (SSSR count). The summed E-state index contributed by atoms with van der Waals surface area (Å²) in [5.74, 6) is 0. The Morgan fingerprint density at radius 2 is 2.00 bits per heavy atom. The average molecular weight is 325 g/mol. The number of hydrogen-bond acceptors (Lipinski definition) is 2. The number of benzene rings is 1. The van der Waals surface area contributed by atoms with Crippen LogP contribution in [0.1, 0.15) is 45.6 Å². The highest BCUT2D eigenvalue weighted by atomic mass is 79.9. The number of nitrogens with one attached hydrogen (secondary N) is 1. The van der Waals surface area contributed by atoms with Crippen LogP contribution in [0.3, 0.4) is 0 Å². The Labute approximate surface area is 125 Å². The van der Waals surface area contributed by atoms with E-state index in [0.717, 1.165) is 12.6 Å². The molecule has 0 spiro atoms. The maximum Gasteiger partial charge on any atom is 0.0377 e. The zero-order valence-electron chi connectivity index (χ0n) is 12.5. The van der Waals surface area contributed by atoms with Gasteiger partial charge in [0.05, 0.1) is 0 Å². The molecule has 0 radical (unpaired) electrons. The Hall–Kier alpha value is -0.540. The number of nitrogens with zero attached hydrogens (tertiary/aromatic N) is 1. The molecular weight excluding hydrogens is 300 g/mol. The fourth-order valence-corrected chi connectivity index (χ4v) is 2.75. The smallest absolute Gasteiger partial charge is 0.0377 e. The second kappa shape index (κ2) is 5.84. The Kier molecular flexibility index (Phi) is 4.57. The molecule has 1 N–H and O–H groups in total. The number of hydrogen-bond donors (Lipinski definition) is 1. The SMILES string of the molecule is CN(c1ccc(CNC(C)(C)C)c(Br)c1)C1CCC1. The third-order valence-corrected chi connectivity index (χ3v) is 4.61. The summed E-state index contributed by atoms with van der Waals surface area (Å²) in [6, 6.07) is 7.46. The first-order valence-corrected chi connectivity index (χ1v) is 7.92. The van der Waals surface area contributed by atoms with Gasteiger partial charge in [-0.05, 0) is 57.7 Å². The predicted molar refractivity (Wildman–Crippen MR) is 86.8 cm³/mol. The first-order chi connectivity index (χ1) is 8.87. The van der Waals surface area contributed by atoms with Crippen LogP contribution < -0.4 is 10.2 Å². The van der Waals surface area contributed by atoms with E-state index in [1.807, 2.05) is 0 Å². The van der Waals surface area contributed by atoms with Crippen molar-refractivity contribution >= 4 is 21.6 Å². The first kappa shape index (κ1) is 14.9. The molecule has 2 nitrogen and oxygen atoms in total.